The summed E-state index contributed by atoms with van der Waals surface area (Å²) in [6.45, 7) is 5.47. The standard InChI is InChI=1S/C21H23N3O3S/c1-4-28(26,27)24-17-10-11-18(22-13-17)15(3)19-12-14(2)20(23-19)21(25)16-8-6-5-7-9-16/h5-13,15,23-24H,4H2,1-3H3. The maximum absolute atomic E-state index is 12.7. The van der Waals surface area contributed by atoms with Crippen molar-refractivity contribution in [2.24, 2.45) is 0 Å². The fourth-order valence-corrected chi connectivity index (χ4v) is 3.54. The predicted octanol–water partition coefficient (Wildman–Crippen LogP) is 3.86. The molecule has 0 aliphatic heterocycles. The second-order valence-corrected chi connectivity index (χ2v) is 8.69. The molecule has 2 N–H and O–H groups in total. The third-order valence-electron chi connectivity index (χ3n) is 4.65. The summed E-state index contributed by atoms with van der Waals surface area (Å²) in [6.07, 6.45) is 1.50. The smallest absolute Gasteiger partial charge is 0.232 e. The van der Waals surface area contributed by atoms with E-state index in [-0.39, 0.29) is 17.5 Å². The minimum Gasteiger partial charge on any atom is -0.355 e. The number of aromatic nitrogens is 2. The van der Waals surface area contributed by atoms with Crippen LogP contribution in [0.25, 0.3) is 0 Å². The van der Waals surface area contributed by atoms with Gasteiger partial charge in [-0.1, -0.05) is 37.3 Å². The fraction of sp³-hybridized carbons (Fsp3) is 0.238. The number of hydrogen-bond acceptors (Lipinski definition) is 4. The minimum absolute atomic E-state index is 0.00509. The number of carbonyl (C=O) groups is 1. The maximum Gasteiger partial charge on any atom is 0.232 e. The number of pyridine rings is 1. The van der Waals surface area contributed by atoms with E-state index in [0.717, 1.165) is 17.0 Å². The Bertz CT molecular complexity index is 1070. The Morgan fingerprint density at radius 3 is 2.50 bits per heavy atom. The van der Waals surface area contributed by atoms with Gasteiger partial charge in [-0.05, 0) is 37.6 Å². The summed E-state index contributed by atoms with van der Waals surface area (Å²) in [5, 5.41) is 0. The molecule has 0 saturated carbocycles. The second-order valence-electron chi connectivity index (χ2n) is 6.68. The zero-order valence-corrected chi connectivity index (χ0v) is 16.9. The average molecular weight is 398 g/mol. The van der Waals surface area contributed by atoms with Gasteiger partial charge in [0.15, 0.2) is 0 Å². The molecule has 0 aliphatic carbocycles. The first-order valence-corrected chi connectivity index (χ1v) is 10.7. The number of anilines is 1. The maximum atomic E-state index is 12.7. The molecule has 0 fully saturated rings. The van der Waals surface area contributed by atoms with E-state index >= 15 is 0 Å². The van der Waals surface area contributed by atoms with Crippen molar-refractivity contribution in [3.63, 3.8) is 0 Å². The number of sulfonamides is 1. The molecule has 6 nitrogen and oxygen atoms in total. The summed E-state index contributed by atoms with van der Waals surface area (Å²) < 4.78 is 25.8. The number of aromatic amines is 1. The van der Waals surface area contributed by atoms with Crippen molar-refractivity contribution in [1.82, 2.24) is 9.97 Å². The zero-order chi connectivity index (χ0) is 20.3. The Hall–Kier alpha value is -2.93. The molecule has 2 heterocycles. The highest BCUT2D eigenvalue weighted by molar-refractivity contribution is 7.92. The van der Waals surface area contributed by atoms with Crippen LogP contribution in [-0.2, 0) is 10.0 Å². The number of H-pyrrole nitrogens is 1. The average Bonchev–Trinajstić information content (AvgIpc) is 3.09. The van der Waals surface area contributed by atoms with Gasteiger partial charge in [-0.25, -0.2) is 8.42 Å². The van der Waals surface area contributed by atoms with Crippen LogP contribution in [0.5, 0.6) is 0 Å². The Morgan fingerprint density at radius 1 is 1.18 bits per heavy atom. The van der Waals surface area contributed by atoms with Crippen LogP contribution in [0.4, 0.5) is 5.69 Å². The Labute approximate surface area is 165 Å². The predicted molar refractivity (Wildman–Crippen MR) is 110 cm³/mol. The molecule has 0 bridgehead atoms. The molecule has 0 aliphatic rings. The van der Waals surface area contributed by atoms with Gasteiger partial charge in [-0.15, -0.1) is 0 Å². The van der Waals surface area contributed by atoms with Crippen molar-refractivity contribution in [3.05, 3.63) is 82.9 Å². The lowest BCUT2D eigenvalue weighted by molar-refractivity contribution is 0.103. The summed E-state index contributed by atoms with van der Waals surface area (Å²) in [7, 11) is -3.33. The summed E-state index contributed by atoms with van der Waals surface area (Å²) in [6, 6.07) is 14.6. The number of nitrogens with one attached hydrogen (secondary N) is 2. The van der Waals surface area contributed by atoms with Crippen molar-refractivity contribution in [2.75, 3.05) is 10.5 Å². The molecular weight excluding hydrogens is 374 g/mol. The largest absolute Gasteiger partial charge is 0.355 e. The zero-order valence-electron chi connectivity index (χ0n) is 16.1. The van der Waals surface area contributed by atoms with Crippen molar-refractivity contribution >= 4 is 21.5 Å². The normalized spacial score (nSPS) is 12.5. The molecule has 3 rings (SSSR count). The summed E-state index contributed by atoms with van der Waals surface area (Å²) in [5.74, 6) is -0.118. The van der Waals surface area contributed by atoms with Crippen LogP contribution in [0.3, 0.4) is 0 Å². The third-order valence-corrected chi connectivity index (χ3v) is 5.96. The quantitative estimate of drug-likeness (QED) is 0.592. The van der Waals surface area contributed by atoms with Crippen LogP contribution in [0.15, 0.2) is 54.7 Å². The molecule has 7 heteroatoms. The van der Waals surface area contributed by atoms with E-state index in [1.807, 2.05) is 38.1 Å². The van der Waals surface area contributed by atoms with E-state index in [4.69, 9.17) is 0 Å². The second kappa shape index (κ2) is 7.98. The van der Waals surface area contributed by atoms with Gasteiger partial charge in [0.2, 0.25) is 15.8 Å². The molecule has 146 valence electrons. The van der Waals surface area contributed by atoms with E-state index in [0.29, 0.717) is 16.9 Å². The molecule has 0 spiro atoms. The number of carbonyl (C=O) groups excluding carboxylic acids is 1. The lowest BCUT2D eigenvalue weighted by Crippen LogP contribution is -2.14. The highest BCUT2D eigenvalue weighted by atomic mass is 32.2. The molecule has 0 radical (unpaired) electrons. The van der Waals surface area contributed by atoms with Gasteiger partial charge in [0, 0.05) is 22.9 Å². The highest BCUT2D eigenvalue weighted by Crippen LogP contribution is 2.26. The first-order valence-electron chi connectivity index (χ1n) is 9.06. The van der Waals surface area contributed by atoms with Crippen LogP contribution in [0.1, 0.15) is 52.8 Å². The Kier molecular flexibility index (Phi) is 5.65. The molecule has 1 atom stereocenters. The summed E-state index contributed by atoms with van der Waals surface area (Å²) in [5.41, 5.74) is 4.17. The highest BCUT2D eigenvalue weighted by Gasteiger charge is 2.19. The molecule has 3 aromatic rings. The van der Waals surface area contributed by atoms with Crippen LogP contribution >= 0.6 is 0 Å². The van der Waals surface area contributed by atoms with Crippen molar-refractivity contribution in [3.8, 4) is 0 Å². The number of rotatable bonds is 7. The topological polar surface area (TPSA) is 91.9 Å². The number of ketones is 1. The van der Waals surface area contributed by atoms with Crippen LogP contribution in [-0.4, -0.2) is 29.9 Å². The SMILES string of the molecule is CCS(=O)(=O)Nc1ccc(C(C)c2cc(C)c(C(=O)c3ccccc3)[nH]2)nc1. The first kappa shape index (κ1) is 19.8. The van der Waals surface area contributed by atoms with Crippen LogP contribution < -0.4 is 4.72 Å². The minimum atomic E-state index is -3.33. The van der Waals surface area contributed by atoms with Crippen molar-refractivity contribution in [2.45, 2.75) is 26.7 Å². The third kappa shape index (κ3) is 4.31. The fourth-order valence-electron chi connectivity index (χ4n) is 2.92. The lowest BCUT2D eigenvalue weighted by Gasteiger charge is -2.11. The van der Waals surface area contributed by atoms with Crippen molar-refractivity contribution in [1.29, 1.82) is 0 Å². The van der Waals surface area contributed by atoms with E-state index in [1.54, 1.807) is 31.2 Å². The first-order chi connectivity index (χ1) is 13.3. The molecule has 1 unspecified atom stereocenters. The van der Waals surface area contributed by atoms with Gasteiger partial charge in [-0.2, -0.15) is 0 Å². The summed E-state index contributed by atoms with van der Waals surface area (Å²) >= 11 is 0. The lowest BCUT2D eigenvalue weighted by atomic mass is 10.0. The van der Waals surface area contributed by atoms with Gasteiger partial charge in [0.05, 0.1) is 23.3 Å². The van der Waals surface area contributed by atoms with Crippen LogP contribution in [0.2, 0.25) is 0 Å². The molecular formula is C21H23N3O3S. The van der Waals surface area contributed by atoms with Gasteiger partial charge in [0.25, 0.3) is 0 Å². The summed E-state index contributed by atoms with van der Waals surface area (Å²) in [4.78, 5) is 20.4. The van der Waals surface area contributed by atoms with Gasteiger partial charge in [-0.3, -0.25) is 14.5 Å². The molecule has 0 saturated heterocycles. The van der Waals surface area contributed by atoms with Crippen molar-refractivity contribution < 1.29 is 13.2 Å². The molecule has 1 aromatic carbocycles. The van der Waals surface area contributed by atoms with Gasteiger partial charge in [0.1, 0.15) is 0 Å². The van der Waals surface area contributed by atoms with Crippen LogP contribution in [0, 0.1) is 6.92 Å². The monoisotopic (exact) mass is 397 g/mol. The molecule has 0 amide bonds. The molecule has 2 aromatic heterocycles. The number of nitrogens with zero attached hydrogens (tertiary/aromatic N) is 1. The number of aryl methyl sites for hydroxylation is 1. The van der Waals surface area contributed by atoms with E-state index in [9.17, 15) is 13.2 Å². The van der Waals surface area contributed by atoms with E-state index < -0.39 is 10.0 Å². The van der Waals surface area contributed by atoms with Gasteiger partial charge >= 0.3 is 0 Å². The number of hydrogen-bond donors (Lipinski definition) is 2. The number of benzene rings is 1. The van der Waals surface area contributed by atoms with E-state index in [2.05, 4.69) is 14.7 Å². The molecule has 28 heavy (non-hydrogen) atoms. The van der Waals surface area contributed by atoms with E-state index in [1.165, 1.54) is 6.20 Å². The van der Waals surface area contributed by atoms with Gasteiger partial charge < -0.3 is 4.98 Å². The Balaban J connectivity index is 1.82. The Morgan fingerprint density at radius 2 is 1.89 bits per heavy atom.